The summed E-state index contributed by atoms with van der Waals surface area (Å²) < 4.78 is 10.3. The number of rotatable bonds is 3. The van der Waals surface area contributed by atoms with Gasteiger partial charge in [-0.25, -0.2) is 0 Å². The first-order valence-corrected chi connectivity index (χ1v) is 5.92. The molecule has 1 saturated heterocycles. The number of benzene rings is 1. The van der Waals surface area contributed by atoms with Gasteiger partial charge in [-0.1, -0.05) is 0 Å². The summed E-state index contributed by atoms with van der Waals surface area (Å²) in [4.78, 5) is 0. The molecule has 8 heteroatoms. The van der Waals surface area contributed by atoms with Crippen LogP contribution in [0.5, 0.6) is 17.2 Å². The van der Waals surface area contributed by atoms with Crippen LogP contribution in [-0.4, -0.2) is 68.0 Å². The molecule has 0 saturated carbocycles. The minimum atomic E-state index is -1.56. The zero-order chi connectivity index (χ0) is 14.9. The predicted octanol–water partition coefficient (Wildman–Crippen LogP) is -1.72. The lowest BCUT2D eigenvalue weighted by molar-refractivity contribution is -0.277. The van der Waals surface area contributed by atoms with Crippen molar-refractivity contribution in [1.29, 1.82) is 0 Å². The van der Waals surface area contributed by atoms with Crippen LogP contribution in [0.1, 0.15) is 0 Å². The average Bonchev–Trinajstić information content (AvgIpc) is 2.38. The first-order valence-electron chi connectivity index (χ1n) is 5.92. The highest BCUT2D eigenvalue weighted by Gasteiger charge is 2.44. The number of hydrogen-bond acceptors (Lipinski definition) is 8. The van der Waals surface area contributed by atoms with Crippen LogP contribution in [0.2, 0.25) is 0 Å². The van der Waals surface area contributed by atoms with E-state index in [-0.39, 0.29) is 17.2 Å². The second-order valence-electron chi connectivity index (χ2n) is 4.50. The summed E-state index contributed by atoms with van der Waals surface area (Å²) in [7, 11) is 0. The average molecular weight is 288 g/mol. The maximum Gasteiger partial charge on any atom is 0.229 e. The second-order valence-corrected chi connectivity index (χ2v) is 4.50. The quantitative estimate of drug-likeness (QED) is 0.386. The third-order valence-electron chi connectivity index (χ3n) is 2.98. The molecule has 0 amide bonds. The molecule has 112 valence electrons. The highest BCUT2D eigenvalue weighted by atomic mass is 16.7. The standard InChI is InChI=1S/C12H16O8/c13-4-8-9(16)10(17)11(18)12(20-8)19-7-2-5(14)1-6(15)3-7/h1-3,8-18H,4H2. The second kappa shape index (κ2) is 5.81. The summed E-state index contributed by atoms with van der Waals surface area (Å²) in [6.45, 7) is -0.573. The minimum Gasteiger partial charge on any atom is -0.508 e. The molecule has 1 aliphatic heterocycles. The van der Waals surface area contributed by atoms with E-state index in [2.05, 4.69) is 0 Å². The molecule has 0 radical (unpaired) electrons. The lowest BCUT2D eigenvalue weighted by Crippen LogP contribution is -2.60. The smallest absolute Gasteiger partial charge is 0.229 e. The van der Waals surface area contributed by atoms with Gasteiger partial charge in [0, 0.05) is 18.2 Å². The van der Waals surface area contributed by atoms with Gasteiger partial charge in [-0.15, -0.1) is 0 Å². The molecule has 1 aromatic carbocycles. The van der Waals surface area contributed by atoms with Gasteiger partial charge in [-0.3, -0.25) is 0 Å². The molecule has 0 aliphatic carbocycles. The van der Waals surface area contributed by atoms with E-state index in [0.717, 1.165) is 6.07 Å². The number of phenolic OH excluding ortho intramolecular Hbond substituents is 2. The van der Waals surface area contributed by atoms with Crippen LogP contribution in [0.25, 0.3) is 0 Å². The van der Waals surface area contributed by atoms with Crippen molar-refractivity contribution in [3.63, 3.8) is 0 Å². The number of aromatic hydroxyl groups is 2. The van der Waals surface area contributed by atoms with Crippen molar-refractivity contribution in [2.45, 2.75) is 30.7 Å². The topological polar surface area (TPSA) is 140 Å². The number of aliphatic hydroxyl groups is 4. The summed E-state index contributed by atoms with van der Waals surface area (Å²) >= 11 is 0. The molecule has 8 nitrogen and oxygen atoms in total. The van der Waals surface area contributed by atoms with E-state index in [4.69, 9.17) is 14.6 Å². The SMILES string of the molecule is OCC1OC(Oc2cc(O)cc(O)c2)C(O)C(O)C1O. The van der Waals surface area contributed by atoms with Crippen LogP contribution in [0.15, 0.2) is 18.2 Å². The highest BCUT2D eigenvalue weighted by Crippen LogP contribution is 2.29. The van der Waals surface area contributed by atoms with Crippen LogP contribution >= 0.6 is 0 Å². The molecule has 1 fully saturated rings. The Kier molecular flexibility index (Phi) is 4.31. The van der Waals surface area contributed by atoms with Gasteiger partial charge in [0.15, 0.2) is 0 Å². The number of hydrogen-bond donors (Lipinski definition) is 6. The third kappa shape index (κ3) is 2.94. The summed E-state index contributed by atoms with van der Waals surface area (Å²) in [5.74, 6) is -0.527. The number of ether oxygens (including phenoxy) is 2. The Bertz CT molecular complexity index is 443. The first kappa shape index (κ1) is 14.8. The largest absolute Gasteiger partial charge is 0.508 e. The fraction of sp³-hybridized carbons (Fsp3) is 0.500. The molecular formula is C12H16O8. The van der Waals surface area contributed by atoms with E-state index in [1.165, 1.54) is 12.1 Å². The lowest BCUT2D eigenvalue weighted by Gasteiger charge is -2.39. The van der Waals surface area contributed by atoms with Gasteiger partial charge < -0.3 is 40.1 Å². The maximum absolute atomic E-state index is 9.75. The Hall–Kier alpha value is -1.58. The number of phenols is 2. The molecule has 0 aromatic heterocycles. The minimum absolute atomic E-state index is 0.00757. The fourth-order valence-electron chi connectivity index (χ4n) is 1.93. The molecule has 5 atom stereocenters. The first-order chi connectivity index (χ1) is 9.42. The molecular weight excluding hydrogens is 272 g/mol. The zero-order valence-electron chi connectivity index (χ0n) is 10.3. The molecule has 6 N–H and O–H groups in total. The van der Waals surface area contributed by atoms with Gasteiger partial charge in [0.2, 0.25) is 6.29 Å². The van der Waals surface area contributed by atoms with Crippen molar-refractivity contribution in [1.82, 2.24) is 0 Å². The van der Waals surface area contributed by atoms with E-state index in [9.17, 15) is 25.5 Å². The van der Waals surface area contributed by atoms with Crippen LogP contribution in [0.4, 0.5) is 0 Å². The molecule has 5 unspecified atom stereocenters. The Morgan fingerprint density at radius 1 is 0.950 bits per heavy atom. The Morgan fingerprint density at radius 2 is 1.55 bits per heavy atom. The Balaban J connectivity index is 2.15. The van der Waals surface area contributed by atoms with Crippen molar-refractivity contribution in [2.75, 3.05) is 6.61 Å². The molecule has 1 aliphatic rings. The molecule has 1 aromatic rings. The van der Waals surface area contributed by atoms with Crippen LogP contribution < -0.4 is 4.74 Å². The fourth-order valence-corrected chi connectivity index (χ4v) is 1.93. The summed E-state index contributed by atoms with van der Waals surface area (Å²) in [6.07, 6.45) is -7.06. The van der Waals surface area contributed by atoms with E-state index >= 15 is 0 Å². The maximum atomic E-state index is 9.75. The molecule has 0 spiro atoms. The van der Waals surface area contributed by atoms with Crippen molar-refractivity contribution in [3.8, 4) is 17.2 Å². The van der Waals surface area contributed by atoms with Gasteiger partial charge in [0.05, 0.1) is 6.61 Å². The van der Waals surface area contributed by atoms with Crippen LogP contribution in [0, 0.1) is 0 Å². The van der Waals surface area contributed by atoms with Gasteiger partial charge >= 0.3 is 0 Å². The normalized spacial score (nSPS) is 33.9. The highest BCUT2D eigenvalue weighted by molar-refractivity contribution is 5.40. The molecule has 2 rings (SSSR count). The van der Waals surface area contributed by atoms with Crippen LogP contribution in [-0.2, 0) is 4.74 Å². The molecule has 0 bridgehead atoms. The third-order valence-corrected chi connectivity index (χ3v) is 2.98. The van der Waals surface area contributed by atoms with Gasteiger partial charge in [0.25, 0.3) is 0 Å². The monoisotopic (exact) mass is 288 g/mol. The summed E-state index contributed by atoms with van der Waals surface area (Å²) in [5.41, 5.74) is 0. The molecule has 20 heavy (non-hydrogen) atoms. The summed E-state index contributed by atoms with van der Waals surface area (Å²) in [6, 6.07) is 3.42. The van der Waals surface area contributed by atoms with E-state index in [1.54, 1.807) is 0 Å². The van der Waals surface area contributed by atoms with E-state index in [0.29, 0.717) is 0 Å². The van der Waals surface area contributed by atoms with Crippen molar-refractivity contribution >= 4 is 0 Å². The van der Waals surface area contributed by atoms with Crippen molar-refractivity contribution in [2.24, 2.45) is 0 Å². The Morgan fingerprint density at radius 3 is 2.10 bits per heavy atom. The van der Waals surface area contributed by atoms with Crippen molar-refractivity contribution in [3.05, 3.63) is 18.2 Å². The van der Waals surface area contributed by atoms with Crippen molar-refractivity contribution < 1.29 is 40.1 Å². The van der Waals surface area contributed by atoms with Crippen LogP contribution in [0.3, 0.4) is 0 Å². The summed E-state index contributed by atoms with van der Waals surface area (Å²) in [5, 5.41) is 56.6. The molecule has 1 heterocycles. The zero-order valence-corrected chi connectivity index (χ0v) is 10.3. The van der Waals surface area contributed by atoms with E-state index < -0.39 is 37.3 Å². The predicted molar refractivity (Wildman–Crippen MR) is 64.2 cm³/mol. The van der Waals surface area contributed by atoms with Gasteiger partial charge in [0.1, 0.15) is 41.7 Å². The number of aliphatic hydroxyl groups excluding tert-OH is 4. The lowest BCUT2D eigenvalue weighted by atomic mass is 9.99. The Labute approximate surface area is 114 Å². The van der Waals surface area contributed by atoms with Gasteiger partial charge in [-0.2, -0.15) is 0 Å². The van der Waals surface area contributed by atoms with Gasteiger partial charge in [-0.05, 0) is 0 Å². The van der Waals surface area contributed by atoms with E-state index in [1.807, 2.05) is 0 Å².